The van der Waals surface area contributed by atoms with Crippen LogP contribution in [0.4, 0.5) is 11.4 Å². The van der Waals surface area contributed by atoms with E-state index in [0.717, 1.165) is 39.1 Å². The molecule has 0 bridgehead atoms. The molecule has 2 aromatic heterocycles. The molecule has 9 heteroatoms. The average Bonchev–Trinajstić information content (AvgIpc) is 3.51. The van der Waals surface area contributed by atoms with Gasteiger partial charge in [-0.1, -0.05) is 41.9 Å². The van der Waals surface area contributed by atoms with E-state index in [1.54, 1.807) is 29.1 Å². The van der Waals surface area contributed by atoms with Gasteiger partial charge in [-0.2, -0.15) is 5.10 Å². The number of anilines is 2. The van der Waals surface area contributed by atoms with Crippen molar-refractivity contribution in [3.05, 3.63) is 126 Å². The highest BCUT2D eigenvalue weighted by atomic mass is 35.5. The minimum atomic E-state index is -0.229. The third-order valence-corrected chi connectivity index (χ3v) is 7.48. The average molecular weight is 617 g/mol. The second-order valence-corrected chi connectivity index (χ2v) is 10.5. The van der Waals surface area contributed by atoms with Gasteiger partial charge in [0.1, 0.15) is 5.69 Å². The fraction of sp³-hybridized carbons (Fsp3) is 0.0833. The summed E-state index contributed by atoms with van der Waals surface area (Å²) in [5.74, 6) is 0.998. The van der Waals surface area contributed by atoms with Crippen molar-refractivity contribution < 1.29 is 19.0 Å². The first-order valence-electron chi connectivity index (χ1n) is 14.1. The quantitative estimate of drug-likeness (QED) is 0.122. The van der Waals surface area contributed by atoms with Crippen LogP contribution in [0.5, 0.6) is 17.2 Å². The number of carbonyl (C=O) groups excluding carboxylic acids is 1. The van der Waals surface area contributed by atoms with Crippen LogP contribution in [-0.4, -0.2) is 41.9 Å². The molecule has 0 aliphatic carbocycles. The van der Waals surface area contributed by atoms with Crippen LogP contribution in [0.15, 0.2) is 109 Å². The molecular weight excluding hydrogens is 588 g/mol. The molecule has 6 aromatic rings. The van der Waals surface area contributed by atoms with E-state index in [9.17, 15) is 4.79 Å². The van der Waals surface area contributed by atoms with E-state index in [4.69, 9.17) is 30.9 Å². The molecule has 45 heavy (non-hydrogen) atoms. The summed E-state index contributed by atoms with van der Waals surface area (Å²) in [5.41, 5.74) is 6.21. The van der Waals surface area contributed by atoms with Gasteiger partial charge in [0.25, 0.3) is 0 Å². The van der Waals surface area contributed by atoms with E-state index in [1.807, 2.05) is 85.1 Å². The number of aromatic nitrogens is 3. The van der Waals surface area contributed by atoms with Crippen molar-refractivity contribution in [1.29, 1.82) is 0 Å². The number of carbonyl (C=O) groups is 1. The van der Waals surface area contributed by atoms with Crippen LogP contribution in [-0.2, 0) is 0 Å². The highest BCUT2D eigenvalue weighted by Crippen LogP contribution is 2.38. The SMILES string of the molecule is COc1cc(C(=O)/C=C/c2cn(-c3ccccc3)nc2-c2cccc(Nc3ccnc4cc(Cl)ccc34)c2)cc(OC)c1OC. The number of rotatable bonds is 10. The van der Waals surface area contributed by atoms with Crippen LogP contribution in [0.3, 0.4) is 0 Å². The number of methoxy groups -OCH3 is 3. The molecule has 0 unspecified atom stereocenters. The smallest absolute Gasteiger partial charge is 0.203 e. The Hall–Kier alpha value is -5.60. The van der Waals surface area contributed by atoms with Gasteiger partial charge in [-0.3, -0.25) is 9.78 Å². The summed E-state index contributed by atoms with van der Waals surface area (Å²) in [6, 6.07) is 28.6. The zero-order valence-corrected chi connectivity index (χ0v) is 25.6. The van der Waals surface area contributed by atoms with Crippen LogP contribution in [0.2, 0.25) is 5.02 Å². The van der Waals surface area contributed by atoms with Gasteiger partial charge in [0.2, 0.25) is 5.75 Å². The lowest BCUT2D eigenvalue weighted by atomic mass is 10.0. The Morgan fingerprint density at radius 3 is 2.38 bits per heavy atom. The van der Waals surface area contributed by atoms with E-state index in [2.05, 4.69) is 10.3 Å². The molecule has 2 heterocycles. The lowest BCUT2D eigenvalue weighted by molar-refractivity contribution is 0.104. The summed E-state index contributed by atoms with van der Waals surface area (Å²) in [7, 11) is 4.55. The number of para-hydroxylation sites is 1. The van der Waals surface area contributed by atoms with Crippen LogP contribution in [0, 0.1) is 0 Å². The minimum absolute atomic E-state index is 0.229. The number of nitrogens with zero attached hydrogens (tertiary/aromatic N) is 3. The molecule has 8 nitrogen and oxygen atoms in total. The molecule has 0 fully saturated rings. The first-order chi connectivity index (χ1) is 22.0. The van der Waals surface area contributed by atoms with Crippen LogP contribution in [0.25, 0.3) is 33.9 Å². The van der Waals surface area contributed by atoms with Gasteiger partial charge in [0.15, 0.2) is 17.3 Å². The Morgan fingerprint density at radius 1 is 0.867 bits per heavy atom. The molecule has 0 spiro atoms. The third-order valence-electron chi connectivity index (χ3n) is 7.25. The highest BCUT2D eigenvalue weighted by Gasteiger charge is 2.17. The van der Waals surface area contributed by atoms with Crippen molar-refractivity contribution in [2.75, 3.05) is 26.6 Å². The fourth-order valence-corrected chi connectivity index (χ4v) is 5.23. The largest absolute Gasteiger partial charge is 0.493 e. The summed E-state index contributed by atoms with van der Waals surface area (Å²) in [6.07, 6.45) is 6.95. The molecule has 0 radical (unpaired) electrons. The van der Waals surface area contributed by atoms with Gasteiger partial charge in [-0.05, 0) is 72.8 Å². The van der Waals surface area contributed by atoms with Crippen molar-refractivity contribution in [2.45, 2.75) is 0 Å². The second kappa shape index (κ2) is 13.0. The van der Waals surface area contributed by atoms with Gasteiger partial charge in [-0.15, -0.1) is 0 Å². The Balaban J connectivity index is 1.37. The van der Waals surface area contributed by atoms with Crippen molar-refractivity contribution in [1.82, 2.24) is 14.8 Å². The number of ketones is 1. The van der Waals surface area contributed by atoms with E-state index >= 15 is 0 Å². The molecular formula is C36H29ClN4O4. The molecule has 0 saturated carbocycles. The predicted octanol–water partition coefficient (Wildman–Crippen LogP) is 8.41. The molecule has 6 rings (SSSR count). The summed E-state index contributed by atoms with van der Waals surface area (Å²) < 4.78 is 18.1. The fourth-order valence-electron chi connectivity index (χ4n) is 5.06. The van der Waals surface area contributed by atoms with E-state index < -0.39 is 0 Å². The Labute approximate surface area is 265 Å². The normalized spacial score (nSPS) is 11.1. The monoisotopic (exact) mass is 616 g/mol. The highest BCUT2D eigenvalue weighted by molar-refractivity contribution is 6.31. The Morgan fingerprint density at radius 2 is 1.64 bits per heavy atom. The lowest BCUT2D eigenvalue weighted by Gasteiger charge is -2.13. The topological polar surface area (TPSA) is 87.5 Å². The van der Waals surface area contributed by atoms with E-state index in [-0.39, 0.29) is 5.78 Å². The van der Waals surface area contributed by atoms with Gasteiger partial charge < -0.3 is 19.5 Å². The van der Waals surface area contributed by atoms with Crippen LogP contribution < -0.4 is 19.5 Å². The van der Waals surface area contributed by atoms with Crippen LogP contribution >= 0.6 is 11.6 Å². The Kier molecular flexibility index (Phi) is 8.48. The maximum absolute atomic E-state index is 13.4. The maximum Gasteiger partial charge on any atom is 0.203 e. The number of halogens is 1. The van der Waals surface area contributed by atoms with Crippen LogP contribution in [0.1, 0.15) is 15.9 Å². The molecule has 4 aromatic carbocycles. The Bertz CT molecular complexity index is 2010. The number of hydrogen-bond acceptors (Lipinski definition) is 7. The zero-order chi connectivity index (χ0) is 31.3. The molecule has 224 valence electrons. The molecule has 0 aliphatic rings. The number of allylic oxidation sites excluding steroid dienone is 1. The summed E-state index contributed by atoms with van der Waals surface area (Å²) in [4.78, 5) is 17.8. The second-order valence-electron chi connectivity index (χ2n) is 10.1. The molecule has 0 aliphatic heterocycles. The standard InChI is InChI=1S/C36H29ClN4O4/c1-43-33-19-25(20-34(44-2)36(33)45-3)32(42)15-12-24-22-41(28-10-5-4-6-11-28)40-35(24)23-8-7-9-27(18-23)39-30-16-17-38-31-21-26(37)13-14-29(30)31/h4-22H,1-3H3,(H,38,39)/b15-12+. The number of fused-ring (bicyclic) bond motifs is 1. The third kappa shape index (κ3) is 6.23. The molecule has 0 amide bonds. The number of hydrogen-bond donors (Lipinski definition) is 1. The summed E-state index contributed by atoms with van der Waals surface area (Å²) in [5, 5.41) is 10.0. The summed E-state index contributed by atoms with van der Waals surface area (Å²) in [6.45, 7) is 0. The molecule has 1 N–H and O–H groups in total. The maximum atomic E-state index is 13.4. The minimum Gasteiger partial charge on any atom is -0.493 e. The van der Waals surface area contributed by atoms with E-state index in [0.29, 0.717) is 33.5 Å². The van der Waals surface area contributed by atoms with Gasteiger partial charge in [0, 0.05) is 50.9 Å². The number of benzene rings is 4. The van der Waals surface area contributed by atoms with Gasteiger partial charge in [-0.25, -0.2) is 4.68 Å². The van der Waals surface area contributed by atoms with Gasteiger partial charge in [0.05, 0.1) is 32.5 Å². The number of pyridine rings is 1. The number of nitrogens with one attached hydrogen (secondary N) is 1. The first kappa shape index (κ1) is 29.5. The molecule has 0 atom stereocenters. The zero-order valence-electron chi connectivity index (χ0n) is 24.8. The van der Waals surface area contributed by atoms with Gasteiger partial charge >= 0.3 is 0 Å². The van der Waals surface area contributed by atoms with Crippen molar-refractivity contribution in [3.63, 3.8) is 0 Å². The summed E-state index contributed by atoms with van der Waals surface area (Å²) >= 11 is 6.19. The van der Waals surface area contributed by atoms with Crippen molar-refractivity contribution >= 4 is 45.7 Å². The molecule has 0 saturated heterocycles. The van der Waals surface area contributed by atoms with Crippen molar-refractivity contribution in [2.24, 2.45) is 0 Å². The number of ether oxygens (including phenoxy) is 3. The predicted molar refractivity (Wildman–Crippen MR) is 178 cm³/mol. The van der Waals surface area contributed by atoms with Crippen molar-refractivity contribution in [3.8, 4) is 34.2 Å². The lowest BCUT2D eigenvalue weighted by Crippen LogP contribution is -2.00. The first-order valence-corrected chi connectivity index (χ1v) is 14.4. The van der Waals surface area contributed by atoms with E-state index in [1.165, 1.54) is 27.4 Å².